The summed E-state index contributed by atoms with van der Waals surface area (Å²) in [5.41, 5.74) is 2.87. The van der Waals surface area contributed by atoms with Crippen molar-refractivity contribution in [1.82, 2.24) is 14.8 Å². The summed E-state index contributed by atoms with van der Waals surface area (Å²) < 4.78 is 0. The molecule has 0 unspecified atom stereocenters. The first-order valence-electron chi connectivity index (χ1n) is 7.47. The molecule has 4 nitrogen and oxygen atoms in total. The molecule has 1 aromatic carbocycles. The molecule has 1 amide bonds. The van der Waals surface area contributed by atoms with Crippen LogP contribution in [0.5, 0.6) is 0 Å². The zero-order valence-corrected chi connectivity index (χ0v) is 13.5. The molecule has 0 saturated heterocycles. The summed E-state index contributed by atoms with van der Waals surface area (Å²) in [5.74, 6) is -0.0225. The third-order valence-corrected chi connectivity index (χ3v) is 3.61. The fourth-order valence-corrected chi connectivity index (χ4v) is 2.22. The van der Waals surface area contributed by atoms with Gasteiger partial charge in [0.05, 0.1) is 0 Å². The summed E-state index contributed by atoms with van der Waals surface area (Å²) in [6, 6.07) is 13.6. The van der Waals surface area contributed by atoms with E-state index in [1.165, 1.54) is 11.1 Å². The average molecular weight is 297 g/mol. The van der Waals surface area contributed by atoms with Gasteiger partial charge in [0.25, 0.3) is 5.91 Å². The second-order valence-electron chi connectivity index (χ2n) is 5.67. The molecule has 0 aliphatic heterocycles. The molecule has 0 atom stereocenters. The number of aryl methyl sites for hydroxylation is 1. The zero-order chi connectivity index (χ0) is 15.9. The lowest BCUT2D eigenvalue weighted by Gasteiger charge is -2.25. The Kier molecular flexibility index (Phi) is 5.67. The van der Waals surface area contributed by atoms with Crippen LogP contribution in [-0.4, -0.2) is 47.9 Å². The van der Waals surface area contributed by atoms with Crippen LogP contribution in [0, 0.1) is 6.92 Å². The molecule has 2 aromatic rings. The van der Waals surface area contributed by atoms with E-state index in [0.717, 1.165) is 6.54 Å². The highest BCUT2D eigenvalue weighted by molar-refractivity contribution is 5.92. The van der Waals surface area contributed by atoms with Gasteiger partial charge in [0.15, 0.2) is 0 Å². The van der Waals surface area contributed by atoms with Crippen LogP contribution >= 0.6 is 0 Å². The summed E-state index contributed by atoms with van der Waals surface area (Å²) in [5, 5.41) is 0. The maximum Gasteiger partial charge on any atom is 0.272 e. The number of carbonyl (C=O) groups excluding carboxylic acids is 1. The summed E-state index contributed by atoms with van der Waals surface area (Å²) in [7, 11) is 4.02. The lowest BCUT2D eigenvalue weighted by molar-refractivity contribution is 0.0726. The Morgan fingerprint density at radius 3 is 2.41 bits per heavy atom. The predicted octanol–water partition coefficient (Wildman–Crippen LogP) is 2.59. The Morgan fingerprint density at radius 1 is 1.05 bits per heavy atom. The van der Waals surface area contributed by atoms with Crippen LogP contribution in [-0.2, 0) is 6.54 Å². The van der Waals surface area contributed by atoms with Gasteiger partial charge in [-0.15, -0.1) is 0 Å². The standard InChI is InChI=1S/C18H23N3O/c1-15-8-4-5-9-16(15)14-21(13-12-20(2)3)18(22)17-10-6-7-11-19-17/h4-11H,12-14H2,1-3H3. The molecule has 0 radical (unpaired) electrons. The first kappa shape index (κ1) is 16.2. The van der Waals surface area contributed by atoms with Crippen molar-refractivity contribution in [3.8, 4) is 0 Å². The molecule has 22 heavy (non-hydrogen) atoms. The van der Waals surface area contributed by atoms with Crippen molar-refractivity contribution in [2.24, 2.45) is 0 Å². The number of benzene rings is 1. The minimum absolute atomic E-state index is 0.0225. The van der Waals surface area contributed by atoms with Crippen LogP contribution in [0.2, 0.25) is 0 Å². The van der Waals surface area contributed by atoms with Crippen molar-refractivity contribution < 1.29 is 4.79 Å². The number of hydrogen-bond acceptors (Lipinski definition) is 3. The summed E-state index contributed by atoms with van der Waals surface area (Å²) in [6.45, 7) is 4.18. The molecular weight excluding hydrogens is 274 g/mol. The van der Waals surface area contributed by atoms with E-state index in [1.807, 2.05) is 43.3 Å². The van der Waals surface area contributed by atoms with E-state index in [9.17, 15) is 4.79 Å². The van der Waals surface area contributed by atoms with Gasteiger partial charge in [0.2, 0.25) is 0 Å². The maximum absolute atomic E-state index is 12.7. The van der Waals surface area contributed by atoms with Crippen molar-refractivity contribution in [2.75, 3.05) is 27.2 Å². The quantitative estimate of drug-likeness (QED) is 0.822. The Hall–Kier alpha value is -2.20. The highest BCUT2D eigenvalue weighted by Crippen LogP contribution is 2.12. The van der Waals surface area contributed by atoms with E-state index in [1.54, 1.807) is 12.3 Å². The first-order chi connectivity index (χ1) is 10.6. The topological polar surface area (TPSA) is 36.4 Å². The Labute approximate surface area is 132 Å². The molecule has 1 heterocycles. The van der Waals surface area contributed by atoms with Crippen LogP contribution in [0.1, 0.15) is 21.6 Å². The molecule has 4 heteroatoms. The van der Waals surface area contributed by atoms with E-state index >= 15 is 0 Å². The predicted molar refractivity (Wildman–Crippen MR) is 88.7 cm³/mol. The molecule has 1 aromatic heterocycles. The summed E-state index contributed by atoms with van der Waals surface area (Å²) in [4.78, 5) is 20.8. The number of pyridine rings is 1. The zero-order valence-electron chi connectivity index (χ0n) is 13.5. The lowest BCUT2D eigenvalue weighted by atomic mass is 10.1. The van der Waals surface area contributed by atoms with Crippen molar-refractivity contribution in [2.45, 2.75) is 13.5 Å². The van der Waals surface area contributed by atoms with Crippen molar-refractivity contribution in [3.63, 3.8) is 0 Å². The number of likely N-dealkylation sites (N-methyl/N-ethyl adjacent to an activating group) is 1. The fraction of sp³-hybridized carbons (Fsp3) is 0.333. The number of hydrogen-bond donors (Lipinski definition) is 0. The van der Waals surface area contributed by atoms with E-state index in [2.05, 4.69) is 28.9 Å². The van der Waals surface area contributed by atoms with Crippen LogP contribution < -0.4 is 0 Å². The van der Waals surface area contributed by atoms with Crippen molar-refractivity contribution in [3.05, 3.63) is 65.5 Å². The minimum atomic E-state index is -0.0225. The number of amides is 1. The van der Waals surface area contributed by atoms with E-state index in [-0.39, 0.29) is 5.91 Å². The molecule has 0 bridgehead atoms. The largest absolute Gasteiger partial charge is 0.332 e. The Morgan fingerprint density at radius 2 is 1.77 bits per heavy atom. The van der Waals surface area contributed by atoms with Gasteiger partial charge in [0, 0.05) is 25.8 Å². The van der Waals surface area contributed by atoms with E-state index in [4.69, 9.17) is 0 Å². The monoisotopic (exact) mass is 297 g/mol. The van der Waals surface area contributed by atoms with Gasteiger partial charge in [-0.05, 0) is 44.3 Å². The number of nitrogens with zero attached hydrogens (tertiary/aromatic N) is 3. The maximum atomic E-state index is 12.7. The third kappa shape index (κ3) is 4.40. The number of rotatable bonds is 6. The molecule has 0 fully saturated rings. The van der Waals surface area contributed by atoms with E-state index in [0.29, 0.717) is 18.8 Å². The van der Waals surface area contributed by atoms with Crippen LogP contribution in [0.4, 0.5) is 0 Å². The second-order valence-corrected chi connectivity index (χ2v) is 5.67. The average Bonchev–Trinajstić information content (AvgIpc) is 2.53. The first-order valence-corrected chi connectivity index (χ1v) is 7.47. The Balaban J connectivity index is 2.19. The molecular formula is C18H23N3O. The number of carbonyl (C=O) groups is 1. The van der Waals surface area contributed by atoms with Gasteiger partial charge < -0.3 is 9.80 Å². The van der Waals surface area contributed by atoms with Crippen molar-refractivity contribution >= 4 is 5.91 Å². The molecule has 0 saturated carbocycles. The number of aromatic nitrogens is 1. The van der Waals surface area contributed by atoms with Gasteiger partial charge in [-0.25, -0.2) is 0 Å². The van der Waals surface area contributed by atoms with Crippen LogP contribution in [0.3, 0.4) is 0 Å². The second kappa shape index (κ2) is 7.71. The van der Waals surface area contributed by atoms with E-state index < -0.39 is 0 Å². The molecule has 0 aliphatic rings. The van der Waals surface area contributed by atoms with Crippen LogP contribution in [0.25, 0.3) is 0 Å². The van der Waals surface area contributed by atoms with Gasteiger partial charge in [-0.2, -0.15) is 0 Å². The highest BCUT2D eigenvalue weighted by Gasteiger charge is 2.17. The molecule has 0 N–H and O–H groups in total. The van der Waals surface area contributed by atoms with Crippen molar-refractivity contribution in [1.29, 1.82) is 0 Å². The van der Waals surface area contributed by atoms with Crippen LogP contribution in [0.15, 0.2) is 48.7 Å². The minimum Gasteiger partial charge on any atom is -0.332 e. The van der Waals surface area contributed by atoms with Gasteiger partial charge in [-0.1, -0.05) is 30.3 Å². The smallest absolute Gasteiger partial charge is 0.272 e. The summed E-state index contributed by atoms with van der Waals surface area (Å²) in [6.07, 6.45) is 1.66. The normalized spacial score (nSPS) is 10.7. The van der Waals surface area contributed by atoms with Gasteiger partial charge >= 0.3 is 0 Å². The lowest BCUT2D eigenvalue weighted by Crippen LogP contribution is -2.36. The molecule has 2 rings (SSSR count). The van der Waals surface area contributed by atoms with Gasteiger partial charge in [0.1, 0.15) is 5.69 Å². The molecule has 0 spiro atoms. The summed E-state index contributed by atoms with van der Waals surface area (Å²) >= 11 is 0. The molecule has 116 valence electrons. The fourth-order valence-electron chi connectivity index (χ4n) is 2.22. The highest BCUT2D eigenvalue weighted by atomic mass is 16.2. The Bertz CT molecular complexity index is 611. The van der Waals surface area contributed by atoms with Gasteiger partial charge in [-0.3, -0.25) is 9.78 Å². The molecule has 0 aliphatic carbocycles. The SMILES string of the molecule is Cc1ccccc1CN(CCN(C)C)C(=O)c1ccccn1. The third-order valence-electron chi connectivity index (χ3n) is 3.61.